The van der Waals surface area contributed by atoms with E-state index in [1.54, 1.807) is 6.08 Å². The van der Waals surface area contributed by atoms with Gasteiger partial charge in [0, 0.05) is 17.6 Å². The fourth-order valence-electron chi connectivity index (χ4n) is 1.76. The number of carboxylic acid groups (broad SMARTS) is 1. The molecule has 0 fully saturated rings. The van der Waals surface area contributed by atoms with Crippen molar-refractivity contribution in [2.45, 2.75) is 13.0 Å². The van der Waals surface area contributed by atoms with E-state index in [0.29, 0.717) is 13.0 Å². The predicted molar refractivity (Wildman–Crippen MR) is 82.6 cm³/mol. The lowest BCUT2D eigenvalue weighted by atomic mass is 10.1. The van der Waals surface area contributed by atoms with Crippen LogP contribution in [0.3, 0.4) is 0 Å². The van der Waals surface area contributed by atoms with Crippen LogP contribution in [0, 0.1) is 0 Å². The molecule has 1 aromatic carbocycles. The fourth-order valence-corrected chi connectivity index (χ4v) is 2.53. The van der Waals surface area contributed by atoms with Crippen LogP contribution in [-0.2, 0) is 17.8 Å². The molecule has 0 aliphatic heterocycles. The molecule has 1 heterocycles. The van der Waals surface area contributed by atoms with E-state index in [1.807, 2.05) is 35.7 Å². The van der Waals surface area contributed by atoms with Crippen LogP contribution in [0.15, 0.2) is 41.8 Å². The summed E-state index contributed by atoms with van der Waals surface area (Å²) in [6, 6.07) is 9.53. The Morgan fingerprint density at radius 2 is 2.05 bits per heavy atom. The molecule has 21 heavy (non-hydrogen) atoms. The van der Waals surface area contributed by atoms with Crippen LogP contribution >= 0.6 is 11.3 Å². The molecule has 0 radical (unpaired) electrons. The van der Waals surface area contributed by atoms with Gasteiger partial charge in [-0.15, -0.1) is 11.3 Å². The molecule has 0 amide bonds. The van der Waals surface area contributed by atoms with Crippen molar-refractivity contribution in [3.8, 4) is 5.75 Å². The molecule has 0 aliphatic carbocycles. The predicted octanol–water partition coefficient (Wildman–Crippen LogP) is 2.96. The minimum absolute atomic E-state index is 0.141. The molecule has 2 rings (SSSR count). The second-order valence-corrected chi connectivity index (χ2v) is 5.42. The Bertz CT molecular complexity index is 613. The lowest BCUT2D eigenvalue weighted by Crippen LogP contribution is -1.94. The van der Waals surface area contributed by atoms with Crippen molar-refractivity contribution in [1.82, 2.24) is 0 Å². The number of benzene rings is 1. The first kappa shape index (κ1) is 15.3. The molecular weight excluding hydrogens is 288 g/mol. The normalized spacial score (nSPS) is 10.9. The second-order valence-electron chi connectivity index (χ2n) is 4.42. The highest BCUT2D eigenvalue weighted by Crippen LogP contribution is 2.19. The van der Waals surface area contributed by atoms with Crippen LogP contribution < -0.4 is 4.74 Å². The molecule has 0 saturated heterocycles. The fraction of sp³-hybridized carbons (Fsp3) is 0.188. The van der Waals surface area contributed by atoms with Gasteiger partial charge >= 0.3 is 5.97 Å². The van der Waals surface area contributed by atoms with Crippen molar-refractivity contribution >= 4 is 23.4 Å². The van der Waals surface area contributed by atoms with Crippen LogP contribution in [0.1, 0.15) is 16.0 Å². The minimum atomic E-state index is -0.957. The number of aliphatic carboxylic acids is 1. The molecule has 0 aliphatic rings. The molecule has 4 nitrogen and oxygen atoms in total. The number of carboxylic acids is 1. The molecule has 2 N–H and O–H groups in total. The first-order valence-electron chi connectivity index (χ1n) is 6.48. The molecule has 110 valence electrons. The van der Waals surface area contributed by atoms with Crippen LogP contribution in [0.2, 0.25) is 0 Å². The van der Waals surface area contributed by atoms with E-state index in [9.17, 15) is 4.79 Å². The molecule has 0 atom stereocenters. The number of aliphatic hydroxyl groups is 1. The summed E-state index contributed by atoms with van der Waals surface area (Å²) in [6.07, 6.45) is 3.32. The summed E-state index contributed by atoms with van der Waals surface area (Å²) < 4.78 is 5.67. The van der Waals surface area contributed by atoms with Crippen molar-refractivity contribution in [1.29, 1.82) is 0 Å². The lowest BCUT2D eigenvalue weighted by molar-refractivity contribution is -0.131. The van der Waals surface area contributed by atoms with Gasteiger partial charge in [-0.05, 0) is 47.2 Å². The minimum Gasteiger partial charge on any atom is -0.488 e. The monoisotopic (exact) mass is 304 g/mol. The molecule has 2 aromatic rings. The summed E-state index contributed by atoms with van der Waals surface area (Å²) in [6.45, 7) is 0.590. The molecule has 5 heteroatoms. The third-order valence-electron chi connectivity index (χ3n) is 2.80. The average molecular weight is 304 g/mol. The summed E-state index contributed by atoms with van der Waals surface area (Å²) in [5, 5.41) is 19.3. The van der Waals surface area contributed by atoms with E-state index < -0.39 is 5.97 Å². The van der Waals surface area contributed by atoms with Gasteiger partial charge in [-0.1, -0.05) is 12.1 Å². The first-order chi connectivity index (χ1) is 10.2. The molecule has 0 bridgehead atoms. The summed E-state index contributed by atoms with van der Waals surface area (Å²) in [5.41, 5.74) is 1.93. The summed E-state index contributed by atoms with van der Waals surface area (Å²) >= 11 is 1.53. The Morgan fingerprint density at radius 3 is 2.71 bits per heavy atom. The standard InChI is InChI=1S/C16H16O4S/c17-8-7-12-1-4-14(5-2-12)20-10-15-9-13(11-21-15)3-6-16(18)19/h1-6,9,11,17H,7-8,10H2,(H,18,19)/b6-3+. The Labute approximate surface area is 126 Å². The maximum atomic E-state index is 10.4. The van der Waals surface area contributed by atoms with E-state index in [4.69, 9.17) is 14.9 Å². The van der Waals surface area contributed by atoms with Crippen molar-refractivity contribution in [2.24, 2.45) is 0 Å². The van der Waals surface area contributed by atoms with E-state index in [2.05, 4.69) is 0 Å². The maximum Gasteiger partial charge on any atom is 0.328 e. The quantitative estimate of drug-likeness (QED) is 0.772. The van der Waals surface area contributed by atoms with E-state index in [1.165, 1.54) is 11.3 Å². The molecule has 0 unspecified atom stereocenters. The van der Waals surface area contributed by atoms with Gasteiger partial charge in [0.2, 0.25) is 0 Å². The Hall–Kier alpha value is -2.11. The number of carbonyl (C=O) groups is 1. The zero-order chi connectivity index (χ0) is 15.1. The smallest absolute Gasteiger partial charge is 0.328 e. The highest BCUT2D eigenvalue weighted by molar-refractivity contribution is 7.10. The lowest BCUT2D eigenvalue weighted by Gasteiger charge is -2.05. The van der Waals surface area contributed by atoms with Gasteiger partial charge in [-0.25, -0.2) is 4.79 Å². The van der Waals surface area contributed by atoms with Gasteiger partial charge in [0.25, 0.3) is 0 Å². The first-order valence-corrected chi connectivity index (χ1v) is 7.36. The van der Waals surface area contributed by atoms with E-state index in [0.717, 1.165) is 27.8 Å². The van der Waals surface area contributed by atoms with Gasteiger partial charge in [-0.2, -0.15) is 0 Å². The molecular formula is C16H16O4S. The van der Waals surface area contributed by atoms with Gasteiger partial charge in [-0.3, -0.25) is 0 Å². The van der Waals surface area contributed by atoms with Gasteiger partial charge in [0.05, 0.1) is 0 Å². The third kappa shape index (κ3) is 5.06. The Morgan fingerprint density at radius 1 is 1.29 bits per heavy atom. The maximum absolute atomic E-state index is 10.4. The number of hydrogen-bond acceptors (Lipinski definition) is 4. The summed E-state index contributed by atoms with van der Waals surface area (Å²) in [5.74, 6) is -0.185. The van der Waals surface area contributed by atoms with Crippen LogP contribution in [0.4, 0.5) is 0 Å². The number of thiophene rings is 1. The van der Waals surface area contributed by atoms with Gasteiger partial charge < -0.3 is 14.9 Å². The van der Waals surface area contributed by atoms with Crippen LogP contribution in [0.5, 0.6) is 5.75 Å². The summed E-state index contributed by atoms with van der Waals surface area (Å²) in [7, 11) is 0. The zero-order valence-electron chi connectivity index (χ0n) is 11.4. The third-order valence-corrected chi connectivity index (χ3v) is 3.73. The highest BCUT2D eigenvalue weighted by Gasteiger charge is 2.01. The van der Waals surface area contributed by atoms with Crippen molar-refractivity contribution < 1.29 is 19.7 Å². The number of hydrogen-bond donors (Lipinski definition) is 2. The summed E-state index contributed by atoms with van der Waals surface area (Å²) in [4.78, 5) is 11.5. The van der Waals surface area contributed by atoms with Crippen LogP contribution in [-0.4, -0.2) is 22.8 Å². The molecule has 0 saturated carbocycles. The number of rotatable bonds is 7. The zero-order valence-corrected chi connectivity index (χ0v) is 12.2. The van der Waals surface area contributed by atoms with Crippen LogP contribution in [0.25, 0.3) is 6.08 Å². The number of aliphatic hydroxyl groups excluding tert-OH is 1. The van der Waals surface area contributed by atoms with E-state index >= 15 is 0 Å². The van der Waals surface area contributed by atoms with Crippen molar-refractivity contribution in [3.05, 3.63) is 57.8 Å². The van der Waals surface area contributed by atoms with Crippen molar-refractivity contribution in [3.63, 3.8) is 0 Å². The van der Waals surface area contributed by atoms with Crippen molar-refractivity contribution in [2.75, 3.05) is 6.61 Å². The molecule has 1 aromatic heterocycles. The van der Waals surface area contributed by atoms with Gasteiger partial charge in [0.1, 0.15) is 12.4 Å². The molecule has 0 spiro atoms. The topological polar surface area (TPSA) is 66.8 Å². The van der Waals surface area contributed by atoms with E-state index in [-0.39, 0.29) is 6.61 Å². The average Bonchev–Trinajstić information content (AvgIpc) is 2.93. The SMILES string of the molecule is O=C(O)/C=C/c1csc(COc2ccc(CCO)cc2)c1. The van der Waals surface area contributed by atoms with Gasteiger partial charge in [0.15, 0.2) is 0 Å². The second kappa shape index (κ2) is 7.61. The Kier molecular flexibility index (Phi) is 5.54. The number of ether oxygens (including phenoxy) is 1. The largest absolute Gasteiger partial charge is 0.488 e. The highest BCUT2D eigenvalue weighted by atomic mass is 32.1. The Balaban J connectivity index is 1.89.